The first kappa shape index (κ1) is 16.7. The maximum absolute atomic E-state index is 12.1. The van der Waals surface area contributed by atoms with Crippen LogP contribution in [-0.4, -0.2) is 48.8 Å². The number of hydrogen-bond acceptors (Lipinski definition) is 5. The summed E-state index contributed by atoms with van der Waals surface area (Å²) in [5.74, 6) is 0.514. The number of carbonyl (C=O) groups excluding carboxylic acids is 1. The molecular weight excluding hydrogens is 306 g/mol. The van der Waals surface area contributed by atoms with Gasteiger partial charge in [0.05, 0.1) is 19.8 Å². The second-order valence-corrected chi connectivity index (χ2v) is 6.06. The van der Waals surface area contributed by atoms with E-state index >= 15 is 0 Å². The largest absolute Gasteiger partial charge is 0.379 e. The Labute approximate surface area is 141 Å². The number of nitrogens with zero attached hydrogens (tertiary/aromatic N) is 2. The zero-order chi connectivity index (χ0) is 16.8. The molecular formula is C18H23N3O3. The number of aryl methyl sites for hydroxylation is 1. The predicted molar refractivity (Wildman–Crippen MR) is 89.8 cm³/mol. The molecule has 1 aliphatic rings. The smallest absolute Gasteiger partial charge is 0.273 e. The first-order valence-electron chi connectivity index (χ1n) is 8.30. The molecule has 6 nitrogen and oxygen atoms in total. The van der Waals surface area contributed by atoms with E-state index in [4.69, 9.17) is 9.26 Å². The molecule has 1 aliphatic heterocycles. The molecule has 1 saturated heterocycles. The first-order chi connectivity index (χ1) is 11.7. The van der Waals surface area contributed by atoms with Crippen LogP contribution >= 0.6 is 0 Å². The third-order valence-electron chi connectivity index (χ3n) is 4.09. The molecule has 0 unspecified atom stereocenters. The zero-order valence-electron chi connectivity index (χ0n) is 14.0. The maximum Gasteiger partial charge on any atom is 0.273 e. The van der Waals surface area contributed by atoms with Crippen molar-refractivity contribution in [3.05, 3.63) is 52.9 Å². The van der Waals surface area contributed by atoms with Crippen molar-refractivity contribution in [2.45, 2.75) is 19.9 Å². The normalized spacial score (nSPS) is 15.4. The number of rotatable bonds is 6. The number of benzene rings is 1. The van der Waals surface area contributed by atoms with Crippen LogP contribution in [-0.2, 0) is 17.7 Å². The summed E-state index contributed by atoms with van der Waals surface area (Å²) in [6.07, 6.45) is 0.796. The van der Waals surface area contributed by atoms with Gasteiger partial charge in [-0.25, -0.2) is 0 Å². The summed E-state index contributed by atoms with van der Waals surface area (Å²) in [6, 6.07) is 10.0. The van der Waals surface area contributed by atoms with Crippen LogP contribution in [0.25, 0.3) is 0 Å². The van der Waals surface area contributed by atoms with Gasteiger partial charge in [0.15, 0.2) is 11.5 Å². The first-order valence-corrected chi connectivity index (χ1v) is 8.30. The van der Waals surface area contributed by atoms with Gasteiger partial charge in [-0.2, -0.15) is 0 Å². The quantitative estimate of drug-likeness (QED) is 0.875. The summed E-state index contributed by atoms with van der Waals surface area (Å²) in [4.78, 5) is 14.4. The van der Waals surface area contributed by atoms with E-state index < -0.39 is 0 Å². The minimum Gasteiger partial charge on any atom is -0.379 e. The highest BCUT2D eigenvalue weighted by molar-refractivity contribution is 5.92. The molecule has 0 saturated carbocycles. The third kappa shape index (κ3) is 4.66. The molecule has 1 aromatic heterocycles. The van der Waals surface area contributed by atoms with Crippen LogP contribution in [0.4, 0.5) is 0 Å². The molecule has 0 aliphatic carbocycles. The molecule has 0 radical (unpaired) electrons. The zero-order valence-corrected chi connectivity index (χ0v) is 14.0. The number of morpholine rings is 1. The van der Waals surface area contributed by atoms with Gasteiger partial charge >= 0.3 is 0 Å². The van der Waals surface area contributed by atoms with E-state index in [-0.39, 0.29) is 5.91 Å². The predicted octanol–water partition coefficient (Wildman–Crippen LogP) is 1.79. The van der Waals surface area contributed by atoms with Crippen LogP contribution < -0.4 is 5.32 Å². The van der Waals surface area contributed by atoms with Crippen LogP contribution in [0, 0.1) is 6.92 Å². The Kier molecular flexibility index (Phi) is 5.61. The lowest BCUT2D eigenvalue weighted by Gasteiger charge is -2.25. The molecule has 1 N–H and O–H groups in total. The van der Waals surface area contributed by atoms with Crippen molar-refractivity contribution in [3.8, 4) is 0 Å². The van der Waals surface area contributed by atoms with Gasteiger partial charge < -0.3 is 14.6 Å². The maximum atomic E-state index is 12.1. The summed E-state index contributed by atoms with van der Waals surface area (Å²) < 4.78 is 10.6. The van der Waals surface area contributed by atoms with E-state index in [2.05, 4.69) is 46.6 Å². The Balaban J connectivity index is 1.45. The minimum atomic E-state index is -0.195. The lowest BCUT2D eigenvalue weighted by molar-refractivity contribution is 0.0305. The molecule has 1 amide bonds. The molecule has 0 spiro atoms. The minimum absolute atomic E-state index is 0.195. The summed E-state index contributed by atoms with van der Waals surface area (Å²) in [5.41, 5.74) is 2.77. The third-order valence-corrected chi connectivity index (χ3v) is 4.09. The number of ether oxygens (including phenoxy) is 1. The van der Waals surface area contributed by atoms with Crippen molar-refractivity contribution >= 4 is 5.91 Å². The second-order valence-electron chi connectivity index (χ2n) is 6.06. The SMILES string of the molecule is Cc1ccc(CCNC(=O)c2cc(CN3CCOCC3)on2)cc1. The Hall–Kier alpha value is -2.18. The highest BCUT2D eigenvalue weighted by atomic mass is 16.5. The lowest BCUT2D eigenvalue weighted by Crippen LogP contribution is -2.35. The molecule has 2 aromatic rings. The molecule has 6 heteroatoms. The van der Waals surface area contributed by atoms with Gasteiger partial charge in [-0.3, -0.25) is 9.69 Å². The van der Waals surface area contributed by atoms with Gasteiger partial charge in [0, 0.05) is 25.7 Å². The van der Waals surface area contributed by atoms with Crippen molar-refractivity contribution in [1.82, 2.24) is 15.4 Å². The van der Waals surface area contributed by atoms with Crippen LogP contribution in [0.1, 0.15) is 27.4 Å². The molecule has 3 rings (SSSR count). The van der Waals surface area contributed by atoms with E-state index in [9.17, 15) is 4.79 Å². The number of amides is 1. The summed E-state index contributed by atoms with van der Waals surface area (Å²) in [5, 5.41) is 6.76. The van der Waals surface area contributed by atoms with Gasteiger partial charge in [-0.1, -0.05) is 35.0 Å². The van der Waals surface area contributed by atoms with E-state index in [1.165, 1.54) is 11.1 Å². The fourth-order valence-electron chi connectivity index (χ4n) is 2.64. The van der Waals surface area contributed by atoms with Gasteiger partial charge in [0.2, 0.25) is 0 Å². The molecule has 2 heterocycles. The number of hydrogen-bond donors (Lipinski definition) is 1. The summed E-state index contributed by atoms with van der Waals surface area (Å²) >= 11 is 0. The molecule has 0 bridgehead atoms. The Morgan fingerprint density at radius 1 is 1.25 bits per heavy atom. The van der Waals surface area contributed by atoms with Gasteiger partial charge in [-0.15, -0.1) is 0 Å². The van der Waals surface area contributed by atoms with Crippen molar-refractivity contribution in [3.63, 3.8) is 0 Å². The van der Waals surface area contributed by atoms with Gasteiger partial charge in [0.25, 0.3) is 5.91 Å². The van der Waals surface area contributed by atoms with E-state index in [0.29, 0.717) is 24.5 Å². The van der Waals surface area contributed by atoms with Crippen LogP contribution in [0.2, 0.25) is 0 Å². The summed E-state index contributed by atoms with van der Waals surface area (Å²) in [6.45, 7) is 6.52. The van der Waals surface area contributed by atoms with Crippen LogP contribution in [0.15, 0.2) is 34.9 Å². The Morgan fingerprint density at radius 3 is 2.75 bits per heavy atom. The topological polar surface area (TPSA) is 67.6 Å². The van der Waals surface area contributed by atoms with E-state index in [1.807, 2.05) is 0 Å². The van der Waals surface area contributed by atoms with Gasteiger partial charge in [0.1, 0.15) is 0 Å². The molecule has 24 heavy (non-hydrogen) atoms. The monoisotopic (exact) mass is 329 g/mol. The van der Waals surface area contributed by atoms with Crippen LogP contribution in [0.3, 0.4) is 0 Å². The van der Waals surface area contributed by atoms with Crippen molar-refractivity contribution < 1.29 is 14.1 Å². The highest BCUT2D eigenvalue weighted by Crippen LogP contribution is 2.09. The second kappa shape index (κ2) is 8.08. The van der Waals surface area contributed by atoms with Crippen molar-refractivity contribution in [1.29, 1.82) is 0 Å². The van der Waals surface area contributed by atoms with Crippen molar-refractivity contribution in [2.75, 3.05) is 32.8 Å². The van der Waals surface area contributed by atoms with E-state index in [1.54, 1.807) is 6.07 Å². The number of carbonyl (C=O) groups is 1. The lowest BCUT2D eigenvalue weighted by atomic mass is 10.1. The molecule has 0 atom stereocenters. The molecule has 1 fully saturated rings. The van der Waals surface area contributed by atoms with Crippen molar-refractivity contribution in [2.24, 2.45) is 0 Å². The van der Waals surface area contributed by atoms with Crippen LogP contribution in [0.5, 0.6) is 0 Å². The molecule has 1 aromatic carbocycles. The highest BCUT2D eigenvalue weighted by Gasteiger charge is 2.16. The van der Waals surface area contributed by atoms with E-state index in [0.717, 1.165) is 32.7 Å². The molecule has 128 valence electrons. The Bertz CT molecular complexity index is 660. The average molecular weight is 329 g/mol. The summed E-state index contributed by atoms with van der Waals surface area (Å²) in [7, 11) is 0. The fraction of sp³-hybridized carbons (Fsp3) is 0.444. The Morgan fingerprint density at radius 2 is 2.00 bits per heavy atom. The standard InChI is InChI=1S/C18H23N3O3/c1-14-2-4-15(5-3-14)6-7-19-18(22)17-12-16(24-20-17)13-21-8-10-23-11-9-21/h2-5,12H,6-11,13H2,1H3,(H,19,22). The van der Waals surface area contributed by atoms with Gasteiger partial charge in [-0.05, 0) is 18.9 Å². The fourth-order valence-corrected chi connectivity index (χ4v) is 2.64. The number of nitrogens with one attached hydrogen (secondary N) is 1. The average Bonchev–Trinajstić information content (AvgIpc) is 3.06. The number of aromatic nitrogens is 1.